The Morgan fingerprint density at radius 2 is 2.42 bits per heavy atom. The summed E-state index contributed by atoms with van der Waals surface area (Å²) in [6.07, 6.45) is 5.51. The van der Waals surface area contributed by atoms with E-state index in [9.17, 15) is 0 Å². The summed E-state index contributed by atoms with van der Waals surface area (Å²) in [7, 11) is 0. The lowest BCUT2D eigenvalue weighted by molar-refractivity contribution is 0.168. The van der Waals surface area contributed by atoms with Crippen LogP contribution in [0.15, 0.2) is 0 Å². The van der Waals surface area contributed by atoms with E-state index in [0.29, 0.717) is 0 Å². The first-order valence-electron chi connectivity index (χ1n) is 5.37. The smallest absolute Gasteiger partial charge is 0.0221 e. The Kier molecular flexibility index (Phi) is 2.66. The Morgan fingerprint density at radius 1 is 1.50 bits per heavy atom. The molecular weight excluding hydrogens is 148 g/mol. The molecule has 2 aliphatic rings. The second-order valence-corrected chi connectivity index (χ2v) is 4.18. The number of rotatable bonds is 2. The monoisotopic (exact) mass is 168 g/mol. The van der Waals surface area contributed by atoms with Crippen molar-refractivity contribution < 1.29 is 0 Å². The van der Waals surface area contributed by atoms with Crippen molar-refractivity contribution in [1.29, 1.82) is 0 Å². The van der Waals surface area contributed by atoms with Gasteiger partial charge >= 0.3 is 0 Å². The molecule has 0 amide bonds. The van der Waals surface area contributed by atoms with E-state index in [1.54, 1.807) is 0 Å². The summed E-state index contributed by atoms with van der Waals surface area (Å²) in [6.45, 7) is 6.17. The molecule has 2 aliphatic heterocycles. The van der Waals surface area contributed by atoms with Gasteiger partial charge in [0.2, 0.25) is 0 Å². The number of fused-ring (bicyclic) bond motifs is 1. The zero-order valence-corrected chi connectivity index (χ0v) is 8.05. The Bertz CT molecular complexity index is 147. The second kappa shape index (κ2) is 3.75. The first-order chi connectivity index (χ1) is 5.90. The van der Waals surface area contributed by atoms with Crippen LogP contribution in [0.1, 0.15) is 32.6 Å². The van der Waals surface area contributed by atoms with Crippen LogP contribution in [-0.2, 0) is 0 Å². The Labute approximate surface area is 75.3 Å². The molecule has 0 unspecified atom stereocenters. The van der Waals surface area contributed by atoms with E-state index < -0.39 is 0 Å². The lowest BCUT2D eigenvalue weighted by Crippen LogP contribution is -2.53. The maximum atomic E-state index is 3.65. The fourth-order valence-electron chi connectivity index (χ4n) is 2.56. The lowest BCUT2D eigenvalue weighted by Gasteiger charge is -2.36. The quantitative estimate of drug-likeness (QED) is 0.667. The van der Waals surface area contributed by atoms with E-state index in [2.05, 4.69) is 17.1 Å². The third-order valence-electron chi connectivity index (χ3n) is 3.23. The third-order valence-corrected chi connectivity index (χ3v) is 3.23. The summed E-state index contributed by atoms with van der Waals surface area (Å²) in [5.41, 5.74) is 0. The van der Waals surface area contributed by atoms with Gasteiger partial charge in [0.25, 0.3) is 0 Å². The van der Waals surface area contributed by atoms with Crippen LogP contribution in [0.4, 0.5) is 0 Å². The van der Waals surface area contributed by atoms with Crippen LogP contribution in [0.25, 0.3) is 0 Å². The summed E-state index contributed by atoms with van der Waals surface area (Å²) in [5, 5.41) is 3.65. The van der Waals surface area contributed by atoms with E-state index in [0.717, 1.165) is 12.1 Å². The van der Waals surface area contributed by atoms with Crippen LogP contribution in [0.2, 0.25) is 0 Å². The number of nitrogens with zero attached hydrogens (tertiary/aromatic N) is 1. The summed E-state index contributed by atoms with van der Waals surface area (Å²) in [4.78, 5) is 2.68. The maximum absolute atomic E-state index is 3.65. The summed E-state index contributed by atoms with van der Waals surface area (Å²) in [6, 6.07) is 1.66. The molecule has 70 valence electrons. The van der Waals surface area contributed by atoms with Gasteiger partial charge < -0.3 is 5.32 Å². The predicted octanol–water partition coefficient (Wildman–Crippen LogP) is 1.22. The van der Waals surface area contributed by atoms with Gasteiger partial charge in [0.1, 0.15) is 0 Å². The molecule has 2 nitrogen and oxygen atoms in total. The molecule has 2 atom stereocenters. The molecule has 2 fully saturated rings. The minimum absolute atomic E-state index is 0.782. The van der Waals surface area contributed by atoms with Crippen LogP contribution in [0.5, 0.6) is 0 Å². The highest BCUT2D eigenvalue weighted by Gasteiger charge is 2.30. The van der Waals surface area contributed by atoms with E-state index in [4.69, 9.17) is 0 Å². The molecule has 0 bridgehead atoms. The highest BCUT2D eigenvalue weighted by molar-refractivity contribution is 4.89. The summed E-state index contributed by atoms with van der Waals surface area (Å²) in [5.74, 6) is 0. The van der Waals surface area contributed by atoms with E-state index in [1.807, 2.05) is 0 Å². The minimum atomic E-state index is 0.782. The van der Waals surface area contributed by atoms with Gasteiger partial charge in [0.15, 0.2) is 0 Å². The molecule has 0 aromatic rings. The molecule has 0 radical (unpaired) electrons. The minimum Gasteiger partial charge on any atom is -0.311 e. The van der Waals surface area contributed by atoms with Crippen molar-refractivity contribution in [3.05, 3.63) is 0 Å². The normalized spacial score (nSPS) is 36.8. The van der Waals surface area contributed by atoms with Gasteiger partial charge in [-0.25, -0.2) is 0 Å². The average molecular weight is 168 g/mol. The van der Waals surface area contributed by atoms with Crippen LogP contribution in [0, 0.1) is 0 Å². The van der Waals surface area contributed by atoms with E-state index in [1.165, 1.54) is 45.3 Å². The molecule has 0 aromatic carbocycles. The Hall–Kier alpha value is -0.0800. The van der Waals surface area contributed by atoms with Gasteiger partial charge in [0.05, 0.1) is 0 Å². The van der Waals surface area contributed by atoms with Gasteiger partial charge in [-0.1, -0.05) is 13.3 Å². The Morgan fingerprint density at radius 3 is 3.25 bits per heavy atom. The molecule has 12 heavy (non-hydrogen) atoms. The molecule has 0 aliphatic carbocycles. The lowest BCUT2D eigenvalue weighted by atomic mass is 10.1. The van der Waals surface area contributed by atoms with Crippen LogP contribution < -0.4 is 5.32 Å². The topological polar surface area (TPSA) is 15.3 Å². The number of piperazine rings is 1. The molecule has 2 heterocycles. The SMILES string of the molecule is CCC[C@@H]1CN2CCC[C@H]2CN1. The van der Waals surface area contributed by atoms with Crippen molar-refractivity contribution in [2.75, 3.05) is 19.6 Å². The number of nitrogens with one attached hydrogen (secondary N) is 1. The molecule has 2 rings (SSSR count). The molecule has 2 saturated heterocycles. The number of hydrogen-bond donors (Lipinski definition) is 1. The zero-order valence-electron chi connectivity index (χ0n) is 8.05. The second-order valence-electron chi connectivity index (χ2n) is 4.18. The fraction of sp³-hybridized carbons (Fsp3) is 1.00. The largest absolute Gasteiger partial charge is 0.311 e. The van der Waals surface area contributed by atoms with Crippen LogP contribution in [-0.4, -0.2) is 36.6 Å². The molecule has 2 heteroatoms. The predicted molar refractivity (Wildman–Crippen MR) is 51.3 cm³/mol. The molecule has 0 saturated carbocycles. The highest BCUT2D eigenvalue weighted by atomic mass is 15.2. The first-order valence-corrected chi connectivity index (χ1v) is 5.37. The molecule has 1 N–H and O–H groups in total. The molecule has 0 spiro atoms. The maximum Gasteiger partial charge on any atom is 0.0221 e. The van der Waals surface area contributed by atoms with Crippen molar-refractivity contribution in [3.63, 3.8) is 0 Å². The standard InChI is InChI=1S/C10H20N2/c1-2-4-9-8-12-6-3-5-10(12)7-11-9/h9-11H,2-8H2,1H3/t9-,10+/m1/s1. The van der Waals surface area contributed by atoms with Crippen molar-refractivity contribution in [3.8, 4) is 0 Å². The van der Waals surface area contributed by atoms with Crippen molar-refractivity contribution in [2.45, 2.75) is 44.7 Å². The van der Waals surface area contributed by atoms with Crippen LogP contribution in [0.3, 0.4) is 0 Å². The summed E-state index contributed by atoms with van der Waals surface area (Å²) < 4.78 is 0. The van der Waals surface area contributed by atoms with Gasteiger partial charge in [-0.15, -0.1) is 0 Å². The van der Waals surface area contributed by atoms with Gasteiger partial charge in [0, 0.05) is 25.2 Å². The molecular formula is C10H20N2. The van der Waals surface area contributed by atoms with Crippen molar-refractivity contribution in [2.24, 2.45) is 0 Å². The van der Waals surface area contributed by atoms with Gasteiger partial charge in [-0.3, -0.25) is 4.90 Å². The highest BCUT2D eigenvalue weighted by Crippen LogP contribution is 2.20. The van der Waals surface area contributed by atoms with Crippen molar-refractivity contribution in [1.82, 2.24) is 10.2 Å². The fourth-order valence-corrected chi connectivity index (χ4v) is 2.56. The number of hydrogen-bond acceptors (Lipinski definition) is 2. The van der Waals surface area contributed by atoms with Gasteiger partial charge in [-0.2, -0.15) is 0 Å². The zero-order chi connectivity index (χ0) is 8.39. The summed E-state index contributed by atoms with van der Waals surface area (Å²) >= 11 is 0. The van der Waals surface area contributed by atoms with E-state index >= 15 is 0 Å². The third kappa shape index (κ3) is 1.64. The first kappa shape index (κ1) is 8.52. The molecule has 0 aromatic heterocycles. The van der Waals surface area contributed by atoms with Crippen molar-refractivity contribution >= 4 is 0 Å². The van der Waals surface area contributed by atoms with E-state index in [-0.39, 0.29) is 0 Å². The van der Waals surface area contributed by atoms with Gasteiger partial charge in [-0.05, 0) is 25.8 Å². The average Bonchev–Trinajstić information content (AvgIpc) is 2.51. The Balaban J connectivity index is 1.84. The van der Waals surface area contributed by atoms with Crippen LogP contribution >= 0.6 is 0 Å².